The van der Waals surface area contributed by atoms with Crippen LogP contribution in [0.1, 0.15) is 25.0 Å². The molecule has 0 saturated heterocycles. The van der Waals surface area contributed by atoms with Crippen LogP contribution in [-0.2, 0) is 20.4 Å². The van der Waals surface area contributed by atoms with E-state index in [9.17, 15) is 10.2 Å². The average Bonchev–Trinajstić information content (AvgIpc) is 3.25. The molecule has 6 nitrogen and oxygen atoms in total. The second-order valence-electron chi connectivity index (χ2n) is 5.53. The van der Waals surface area contributed by atoms with Crippen LogP contribution >= 0.6 is 0 Å². The van der Waals surface area contributed by atoms with E-state index in [1.807, 2.05) is 38.2 Å². The first-order valence-electron chi connectivity index (χ1n) is 8.13. The van der Waals surface area contributed by atoms with Gasteiger partial charge in [0.2, 0.25) is 13.6 Å². The van der Waals surface area contributed by atoms with Gasteiger partial charge < -0.3 is 29.2 Å². The summed E-state index contributed by atoms with van der Waals surface area (Å²) in [6.07, 6.45) is 7.35. The summed E-state index contributed by atoms with van der Waals surface area (Å²) >= 11 is 0. The van der Waals surface area contributed by atoms with Gasteiger partial charge in [-0.15, -0.1) is 0 Å². The maximum absolute atomic E-state index is 9.52. The number of benzene rings is 2. The van der Waals surface area contributed by atoms with Gasteiger partial charge in [0.25, 0.3) is 0 Å². The molecule has 0 aliphatic carbocycles. The summed E-state index contributed by atoms with van der Waals surface area (Å²) in [4.78, 5) is 0. The Hall–Kier alpha value is -2.62. The van der Waals surface area contributed by atoms with Gasteiger partial charge in [0, 0.05) is 43.7 Å². The van der Waals surface area contributed by atoms with Gasteiger partial charge in [0.1, 0.15) is 11.5 Å². The van der Waals surface area contributed by atoms with Crippen LogP contribution in [0.3, 0.4) is 0 Å². The first-order valence-corrected chi connectivity index (χ1v) is 8.13. The quantitative estimate of drug-likeness (QED) is 0.648. The summed E-state index contributed by atoms with van der Waals surface area (Å²) in [6, 6.07) is 6.66. The van der Waals surface area contributed by atoms with Crippen molar-refractivity contribution in [3.8, 4) is 34.5 Å². The molecule has 0 fully saturated rings. The van der Waals surface area contributed by atoms with E-state index < -0.39 is 0 Å². The number of ether oxygens (including phenoxy) is 4. The zero-order valence-corrected chi connectivity index (χ0v) is 16.4. The minimum Gasteiger partial charge on any atom is -0.507 e. The van der Waals surface area contributed by atoms with Crippen LogP contribution in [0.5, 0.6) is 34.5 Å². The molecule has 2 heterocycles. The predicted molar refractivity (Wildman–Crippen MR) is 97.9 cm³/mol. The molecule has 0 saturated carbocycles. The molecule has 0 aromatic heterocycles. The Kier molecular flexibility index (Phi) is 7.17. The van der Waals surface area contributed by atoms with Crippen LogP contribution in [0.15, 0.2) is 36.4 Å². The summed E-state index contributed by atoms with van der Waals surface area (Å²) in [5.41, 5.74) is 1.48. The van der Waals surface area contributed by atoms with Gasteiger partial charge in [0.05, 0.1) is 0 Å². The number of hydrogen-bond donors (Lipinski definition) is 2. The Morgan fingerprint density at radius 2 is 1.00 bits per heavy atom. The molecule has 7 heteroatoms. The van der Waals surface area contributed by atoms with E-state index >= 15 is 0 Å². The van der Waals surface area contributed by atoms with Crippen molar-refractivity contribution in [2.45, 2.75) is 13.8 Å². The van der Waals surface area contributed by atoms with Crippen LogP contribution in [0.4, 0.5) is 0 Å². The van der Waals surface area contributed by atoms with E-state index in [2.05, 4.69) is 0 Å². The van der Waals surface area contributed by atoms with Crippen LogP contribution in [0.2, 0.25) is 0 Å². The number of fused-ring (bicyclic) bond motifs is 2. The molecule has 2 aliphatic heterocycles. The van der Waals surface area contributed by atoms with Gasteiger partial charge in [-0.25, -0.2) is 0 Å². The molecule has 0 atom stereocenters. The number of hydrogen-bond acceptors (Lipinski definition) is 6. The molecule has 2 aromatic rings. The second-order valence-corrected chi connectivity index (χ2v) is 5.53. The molecule has 2 aliphatic rings. The van der Waals surface area contributed by atoms with Crippen molar-refractivity contribution in [2.24, 2.45) is 0 Å². The molecule has 146 valence electrons. The minimum atomic E-state index is 0. The van der Waals surface area contributed by atoms with Gasteiger partial charge >= 0.3 is 0 Å². The van der Waals surface area contributed by atoms with Gasteiger partial charge in [-0.2, -0.15) is 0 Å². The van der Waals surface area contributed by atoms with Crippen molar-refractivity contribution in [1.29, 1.82) is 0 Å². The summed E-state index contributed by atoms with van der Waals surface area (Å²) in [7, 11) is 0. The van der Waals surface area contributed by atoms with Crippen LogP contribution in [-0.4, -0.2) is 23.8 Å². The first kappa shape index (κ1) is 20.7. The fraction of sp³-hybridized carbons (Fsp3) is 0.200. The van der Waals surface area contributed by atoms with Crippen molar-refractivity contribution in [3.05, 3.63) is 47.5 Å². The van der Waals surface area contributed by atoms with Crippen LogP contribution < -0.4 is 18.9 Å². The predicted octanol–water partition coefficient (Wildman–Crippen LogP) is 4.31. The van der Waals surface area contributed by atoms with Crippen molar-refractivity contribution >= 4 is 12.2 Å². The molecule has 0 radical (unpaired) electrons. The summed E-state index contributed by atoms with van der Waals surface area (Å²) < 4.78 is 20.6. The van der Waals surface area contributed by atoms with Crippen molar-refractivity contribution in [3.63, 3.8) is 0 Å². The minimum absolute atomic E-state index is 0. The van der Waals surface area contributed by atoms with Crippen LogP contribution in [0, 0.1) is 0 Å². The van der Waals surface area contributed by atoms with E-state index in [1.54, 1.807) is 24.3 Å². The normalized spacial score (nSPS) is 13.4. The number of aromatic hydroxyl groups is 2. The second kappa shape index (κ2) is 9.36. The third-order valence-corrected chi connectivity index (χ3v) is 3.74. The molecule has 0 amide bonds. The number of allylic oxidation sites excluding steroid dienone is 2. The zero-order chi connectivity index (χ0) is 18.5. The van der Waals surface area contributed by atoms with Crippen molar-refractivity contribution < 1.29 is 49.6 Å². The third kappa shape index (κ3) is 4.76. The SMILES string of the molecule is C/C=C/c1cc2c(cc1O)OCO2.C/C=C/c1cc2c(cc1O)OCO2.[Pd]. The molecule has 2 N–H and O–H groups in total. The molecule has 0 unspecified atom stereocenters. The van der Waals surface area contributed by atoms with E-state index in [0.717, 1.165) is 11.1 Å². The fourth-order valence-corrected chi connectivity index (χ4v) is 2.52. The Balaban J connectivity index is 0.000000187. The maximum atomic E-state index is 9.52. The van der Waals surface area contributed by atoms with E-state index in [4.69, 9.17) is 18.9 Å². The van der Waals surface area contributed by atoms with E-state index in [-0.39, 0.29) is 45.5 Å². The molecule has 0 bridgehead atoms. The first-order chi connectivity index (χ1) is 12.6. The standard InChI is InChI=1S/2C10H10O3.Pd/c2*1-2-3-7-4-9-10(5-8(7)11)13-6-12-9;/h2*2-5,11H,6H2,1H3;/b2*3-2+;. The number of rotatable bonds is 2. The van der Waals surface area contributed by atoms with E-state index in [1.165, 1.54) is 0 Å². The summed E-state index contributed by atoms with van der Waals surface area (Å²) in [5.74, 6) is 3.00. The largest absolute Gasteiger partial charge is 0.507 e. The molecule has 27 heavy (non-hydrogen) atoms. The Labute approximate surface area is 171 Å². The smallest absolute Gasteiger partial charge is 0.231 e. The van der Waals surface area contributed by atoms with Gasteiger partial charge in [-0.1, -0.05) is 24.3 Å². The summed E-state index contributed by atoms with van der Waals surface area (Å²) in [5, 5.41) is 19.0. The topological polar surface area (TPSA) is 77.4 Å². The summed E-state index contributed by atoms with van der Waals surface area (Å²) in [6.45, 7) is 4.25. The molecular weight excluding hydrogens is 443 g/mol. The molecule has 0 spiro atoms. The Morgan fingerprint density at radius 1 is 0.667 bits per heavy atom. The van der Waals surface area contributed by atoms with Gasteiger partial charge in [0.15, 0.2) is 23.0 Å². The Bertz CT molecular complexity index is 789. The Morgan fingerprint density at radius 3 is 1.33 bits per heavy atom. The average molecular weight is 463 g/mol. The monoisotopic (exact) mass is 462 g/mol. The maximum Gasteiger partial charge on any atom is 0.231 e. The van der Waals surface area contributed by atoms with Crippen LogP contribution in [0.25, 0.3) is 12.2 Å². The van der Waals surface area contributed by atoms with Gasteiger partial charge in [-0.05, 0) is 26.0 Å². The van der Waals surface area contributed by atoms with Crippen molar-refractivity contribution in [1.82, 2.24) is 0 Å². The molecule has 2 aromatic carbocycles. The zero-order valence-electron chi connectivity index (χ0n) is 14.9. The molecular formula is C20H20O6Pd. The number of phenols is 2. The fourth-order valence-electron chi connectivity index (χ4n) is 2.52. The number of phenolic OH excluding ortho intramolecular Hbond substituents is 2. The van der Waals surface area contributed by atoms with Gasteiger partial charge in [-0.3, -0.25) is 0 Å². The van der Waals surface area contributed by atoms with Crippen molar-refractivity contribution in [2.75, 3.05) is 13.6 Å². The third-order valence-electron chi connectivity index (χ3n) is 3.74. The molecule has 4 rings (SSSR count). The van der Waals surface area contributed by atoms with E-state index in [0.29, 0.717) is 23.0 Å².